The van der Waals surface area contributed by atoms with Crippen LogP contribution in [0.2, 0.25) is 0 Å². The van der Waals surface area contributed by atoms with Crippen LogP contribution in [-0.4, -0.2) is 62.7 Å². The van der Waals surface area contributed by atoms with Gasteiger partial charge in [0, 0.05) is 20.2 Å². The molecule has 0 bridgehead atoms. The highest BCUT2D eigenvalue weighted by Crippen LogP contribution is 2.30. The Balaban J connectivity index is 1.56. The van der Waals surface area contributed by atoms with Crippen molar-refractivity contribution in [3.8, 4) is 17.2 Å². The minimum Gasteiger partial charge on any atom is -0.493 e. The van der Waals surface area contributed by atoms with E-state index in [4.69, 9.17) is 18.9 Å². The summed E-state index contributed by atoms with van der Waals surface area (Å²) in [5, 5.41) is 11.0. The summed E-state index contributed by atoms with van der Waals surface area (Å²) in [5.41, 5.74) is 0.145. The molecular weight excluding hydrogens is 401 g/mol. The van der Waals surface area contributed by atoms with Gasteiger partial charge in [-0.15, -0.1) is 0 Å². The molecule has 0 amide bonds. The van der Waals surface area contributed by atoms with Gasteiger partial charge in [0.2, 0.25) is 0 Å². The van der Waals surface area contributed by atoms with Gasteiger partial charge in [-0.1, -0.05) is 18.2 Å². The van der Waals surface area contributed by atoms with Gasteiger partial charge < -0.3 is 24.1 Å². The van der Waals surface area contributed by atoms with Crippen molar-refractivity contribution in [2.75, 3.05) is 47.1 Å². The lowest BCUT2D eigenvalue weighted by atomic mass is 9.96. The minimum atomic E-state index is -0.967. The number of ether oxygens (including phenoxy) is 4. The van der Waals surface area contributed by atoms with Gasteiger partial charge in [-0.05, 0) is 55.6 Å². The summed E-state index contributed by atoms with van der Waals surface area (Å²) in [6, 6.07) is 12.2. The zero-order valence-corrected chi connectivity index (χ0v) is 18.3. The molecule has 170 valence electrons. The van der Waals surface area contributed by atoms with Gasteiger partial charge in [-0.2, -0.15) is 0 Å². The Morgan fingerprint density at radius 2 is 1.81 bits per heavy atom. The topological polar surface area (TPSA) is 60.4 Å². The molecule has 2 aromatic carbocycles. The van der Waals surface area contributed by atoms with Gasteiger partial charge in [-0.25, -0.2) is 4.39 Å². The number of rotatable bonds is 10. The van der Waals surface area contributed by atoms with Crippen molar-refractivity contribution in [2.24, 2.45) is 0 Å². The summed E-state index contributed by atoms with van der Waals surface area (Å²) in [6.07, 6.45) is 2.02. The van der Waals surface area contributed by atoms with E-state index in [1.54, 1.807) is 32.4 Å². The third kappa shape index (κ3) is 6.82. The SMILES string of the molecule is COCCOc1cc(CN2CCC[C@](O)(COc3ccccc3F)CC2)ccc1OC. The van der Waals surface area contributed by atoms with Crippen LogP contribution < -0.4 is 14.2 Å². The largest absolute Gasteiger partial charge is 0.493 e. The number of halogens is 1. The number of hydrogen-bond acceptors (Lipinski definition) is 6. The average Bonchev–Trinajstić information content (AvgIpc) is 2.95. The maximum Gasteiger partial charge on any atom is 0.165 e. The third-order valence-electron chi connectivity index (χ3n) is 5.52. The predicted octanol–water partition coefficient (Wildman–Crippen LogP) is 3.66. The molecule has 1 aliphatic rings. The highest BCUT2D eigenvalue weighted by molar-refractivity contribution is 5.43. The van der Waals surface area contributed by atoms with E-state index in [1.165, 1.54) is 6.07 Å². The zero-order chi connectivity index (χ0) is 22.1. The predicted molar refractivity (Wildman–Crippen MR) is 116 cm³/mol. The van der Waals surface area contributed by atoms with Crippen LogP contribution in [0.1, 0.15) is 24.8 Å². The molecule has 1 atom stereocenters. The van der Waals surface area contributed by atoms with E-state index in [-0.39, 0.29) is 12.4 Å². The molecule has 2 aromatic rings. The molecule has 1 aliphatic heterocycles. The quantitative estimate of drug-likeness (QED) is 0.577. The molecule has 7 heteroatoms. The van der Waals surface area contributed by atoms with Gasteiger partial charge in [0.05, 0.1) is 19.3 Å². The molecule has 0 unspecified atom stereocenters. The van der Waals surface area contributed by atoms with E-state index in [0.717, 1.165) is 31.6 Å². The maximum absolute atomic E-state index is 13.8. The lowest BCUT2D eigenvalue weighted by Gasteiger charge is -2.27. The maximum atomic E-state index is 13.8. The van der Waals surface area contributed by atoms with Crippen LogP contribution in [0.5, 0.6) is 17.2 Å². The van der Waals surface area contributed by atoms with Gasteiger partial charge in [0.15, 0.2) is 23.1 Å². The van der Waals surface area contributed by atoms with Crippen molar-refractivity contribution in [3.05, 3.63) is 53.8 Å². The van der Waals surface area contributed by atoms with Crippen LogP contribution in [0.3, 0.4) is 0 Å². The smallest absolute Gasteiger partial charge is 0.165 e. The van der Waals surface area contributed by atoms with E-state index in [1.807, 2.05) is 18.2 Å². The highest BCUT2D eigenvalue weighted by Gasteiger charge is 2.31. The number of para-hydroxylation sites is 1. The Labute approximate surface area is 183 Å². The molecule has 1 saturated heterocycles. The molecule has 0 aromatic heterocycles. The lowest BCUT2D eigenvalue weighted by molar-refractivity contribution is -0.0177. The molecule has 1 heterocycles. The number of benzene rings is 2. The molecule has 31 heavy (non-hydrogen) atoms. The summed E-state index contributed by atoms with van der Waals surface area (Å²) < 4.78 is 35.6. The number of likely N-dealkylation sites (tertiary alicyclic amines) is 1. The summed E-state index contributed by atoms with van der Waals surface area (Å²) in [5.74, 6) is 1.15. The van der Waals surface area contributed by atoms with E-state index >= 15 is 0 Å². The first-order chi connectivity index (χ1) is 15.0. The second-order valence-electron chi connectivity index (χ2n) is 7.90. The monoisotopic (exact) mass is 433 g/mol. The van der Waals surface area contributed by atoms with Gasteiger partial charge >= 0.3 is 0 Å². The Hall–Kier alpha value is -2.35. The number of hydrogen-bond donors (Lipinski definition) is 1. The van der Waals surface area contributed by atoms with E-state index < -0.39 is 11.4 Å². The van der Waals surface area contributed by atoms with E-state index in [2.05, 4.69) is 4.90 Å². The Bertz CT molecular complexity index is 833. The van der Waals surface area contributed by atoms with Crippen molar-refractivity contribution in [3.63, 3.8) is 0 Å². The highest BCUT2D eigenvalue weighted by atomic mass is 19.1. The first-order valence-electron chi connectivity index (χ1n) is 10.6. The standard InChI is InChI=1S/C24H32FNO5/c1-28-14-15-30-23-16-19(8-9-22(23)29-2)17-26-12-5-10-24(27,11-13-26)18-31-21-7-4-3-6-20(21)25/h3-4,6-9,16,27H,5,10-15,17-18H2,1-2H3/t24-/m1/s1. The van der Waals surface area contributed by atoms with Crippen molar-refractivity contribution >= 4 is 0 Å². The van der Waals surface area contributed by atoms with E-state index in [0.29, 0.717) is 37.6 Å². The Morgan fingerprint density at radius 1 is 0.968 bits per heavy atom. The zero-order valence-electron chi connectivity index (χ0n) is 18.3. The third-order valence-corrected chi connectivity index (χ3v) is 5.52. The molecule has 1 fully saturated rings. The Morgan fingerprint density at radius 3 is 2.58 bits per heavy atom. The summed E-state index contributed by atoms with van der Waals surface area (Å²) in [4.78, 5) is 2.31. The lowest BCUT2D eigenvalue weighted by Crippen LogP contribution is -2.37. The van der Waals surface area contributed by atoms with Crippen LogP contribution in [0.15, 0.2) is 42.5 Å². The van der Waals surface area contributed by atoms with Crippen LogP contribution in [0, 0.1) is 5.82 Å². The van der Waals surface area contributed by atoms with E-state index in [9.17, 15) is 9.50 Å². The average molecular weight is 434 g/mol. The first kappa shape index (κ1) is 23.3. The van der Waals surface area contributed by atoms with Crippen molar-refractivity contribution in [1.29, 1.82) is 0 Å². The molecule has 6 nitrogen and oxygen atoms in total. The van der Waals surface area contributed by atoms with Crippen molar-refractivity contribution in [2.45, 2.75) is 31.4 Å². The molecule has 0 radical (unpaired) electrons. The number of nitrogens with zero attached hydrogens (tertiary/aromatic N) is 1. The Kier molecular flexibility index (Phi) is 8.51. The van der Waals surface area contributed by atoms with Gasteiger partial charge in [-0.3, -0.25) is 4.90 Å². The second kappa shape index (κ2) is 11.3. The van der Waals surface area contributed by atoms with Crippen molar-refractivity contribution < 1.29 is 28.4 Å². The van der Waals surface area contributed by atoms with Crippen LogP contribution >= 0.6 is 0 Å². The minimum absolute atomic E-state index is 0.0851. The normalized spacial score (nSPS) is 19.6. The summed E-state index contributed by atoms with van der Waals surface area (Å²) in [6.45, 7) is 3.38. The molecule has 0 aliphatic carbocycles. The van der Waals surface area contributed by atoms with Crippen LogP contribution in [0.4, 0.5) is 4.39 Å². The van der Waals surface area contributed by atoms with Crippen LogP contribution in [0.25, 0.3) is 0 Å². The molecule has 3 rings (SSSR count). The molecular formula is C24H32FNO5. The molecule has 1 N–H and O–H groups in total. The molecule has 0 spiro atoms. The van der Waals surface area contributed by atoms with Gasteiger partial charge in [0.1, 0.15) is 13.2 Å². The summed E-state index contributed by atoms with van der Waals surface area (Å²) >= 11 is 0. The fraction of sp³-hybridized carbons (Fsp3) is 0.500. The summed E-state index contributed by atoms with van der Waals surface area (Å²) in [7, 11) is 3.26. The first-order valence-corrected chi connectivity index (χ1v) is 10.6. The van der Waals surface area contributed by atoms with Crippen LogP contribution in [-0.2, 0) is 11.3 Å². The number of aliphatic hydroxyl groups is 1. The van der Waals surface area contributed by atoms with Gasteiger partial charge in [0.25, 0.3) is 0 Å². The molecule has 0 saturated carbocycles. The number of methoxy groups -OCH3 is 2. The fourth-order valence-electron chi connectivity index (χ4n) is 3.74. The van der Waals surface area contributed by atoms with Crippen molar-refractivity contribution in [1.82, 2.24) is 4.90 Å². The fourth-order valence-corrected chi connectivity index (χ4v) is 3.74. The second-order valence-corrected chi connectivity index (χ2v) is 7.90.